The minimum Gasteiger partial charge on any atom is -0.497 e. The van der Waals surface area contributed by atoms with Crippen molar-refractivity contribution in [3.63, 3.8) is 0 Å². The number of carbonyl (C=O) groups is 3. The summed E-state index contributed by atoms with van der Waals surface area (Å²) >= 11 is 0. The highest BCUT2D eigenvalue weighted by molar-refractivity contribution is 6.11. The van der Waals surface area contributed by atoms with Crippen molar-refractivity contribution in [3.8, 4) is 5.75 Å². The molecule has 2 unspecified atom stereocenters. The predicted octanol–water partition coefficient (Wildman–Crippen LogP) is 4.59. The highest BCUT2D eigenvalue weighted by Gasteiger charge is 2.67. The van der Waals surface area contributed by atoms with Gasteiger partial charge in [-0.2, -0.15) is 5.10 Å². The lowest BCUT2D eigenvalue weighted by atomic mass is 9.47. The summed E-state index contributed by atoms with van der Waals surface area (Å²) in [5.74, 6) is -1.41. The standard InChI is InChI=1S/C35H29N3O4/c1-42-24-17-15-22(16-18-24)19-29(39)37-36-21-35-27-13-7-5-11-25(27)30(26-12-6-8-14-28(26)35)31-32(35)34(41)38(33(31)40)20-23-9-3-2-4-10-23/h2-18,21,30-32H,19-20H2,1H3,(H,37,39)/b36-21+. The summed E-state index contributed by atoms with van der Waals surface area (Å²) < 4.78 is 5.20. The number of benzene rings is 4. The molecule has 1 heterocycles. The van der Waals surface area contributed by atoms with Gasteiger partial charge in [0.1, 0.15) is 5.75 Å². The molecule has 0 saturated carbocycles. The highest BCUT2D eigenvalue weighted by Crippen LogP contribution is 2.63. The van der Waals surface area contributed by atoms with Gasteiger partial charge in [0.15, 0.2) is 0 Å². The van der Waals surface area contributed by atoms with Gasteiger partial charge >= 0.3 is 0 Å². The van der Waals surface area contributed by atoms with Crippen molar-refractivity contribution < 1.29 is 19.1 Å². The van der Waals surface area contributed by atoms with Crippen LogP contribution in [0.15, 0.2) is 108 Å². The number of rotatable bonds is 7. The van der Waals surface area contributed by atoms with Crippen molar-refractivity contribution in [1.82, 2.24) is 10.3 Å². The molecule has 0 radical (unpaired) electrons. The Labute approximate surface area is 243 Å². The first kappa shape index (κ1) is 25.9. The maximum Gasteiger partial charge on any atom is 0.244 e. The van der Waals surface area contributed by atoms with Crippen LogP contribution >= 0.6 is 0 Å². The van der Waals surface area contributed by atoms with Crippen LogP contribution in [0.5, 0.6) is 5.75 Å². The van der Waals surface area contributed by atoms with Gasteiger partial charge in [0.2, 0.25) is 17.7 Å². The number of carbonyl (C=O) groups excluding carboxylic acids is 3. The lowest BCUT2D eigenvalue weighted by Crippen LogP contribution is -2.54. The van der Waals surface area contributed by atoms with Crippen LogP contribution in [0.2, 0.25) is 0 Å². The molecule has 7 heteroatoms. The van der Waals surface area contributed by atoms with E-state index in [1.165, 1.54) is 4.90 Å². The molecule has 1 N–H and O–H groups in total. The molecular weight excluding hydrogens is 526 g/mol. The summed E-state index contributed by atoms with van der Waals surface area (Å²) in [7, 11) is 1.60. The van der Waals surface area contributed by atoms with E-state index in [9.17, 15) is 14.4 Å². The summed E-state index contributed by atoms with van der Waals surface area (Å²) in [5.41, 5.74) is 7.34. The Morgan fingerprint density at radius 2 is 1.45 bits per heavy atom. The Kier molecular flexibility index (Phi) is 6.23. The lowest BCUT2D eigenvalue weighted by molar-refractivity contribution is -0.140. The summed E-state index contributed by atoms with van der Waals surface area (Å²) in [6.45, 7) is 0.219. The molecule has 0 aromatic heterocycles. The van der Waals surface area contributed by atoms with Gasteiger partial charge in [0, 0.05) is 12.1 Å². The Hall–Kier alpha value is -5.04. The second-order valence-electron chi connectivity index (χ2n) is 11.1. The maximum absolute atomic E-state index is 14.3. The number of nitrogens with one attached hydrogen (secondary N) is 1. The van der Waals surface area contributed by atoms with Crippen molar-refractivity contribution in [2.45, 2.75) is 24.3 Å². The number of methoxy groups -OCH3 is 1. The van der Waals surface area contributed by atoms with E-state index in [4.69, 9.17) is 4.74 Å². The van der Waals surface area contributed by atoms with Crippen LogP contribution < -0.4 is 10.2 Å². The molecule has 2 atom stereocenters. The van der Waals surface area contributed by atoms with Gasteiger partial charge in [-0.25, -0.2) is 5.43 Å². The van der Waals surface area contributed by atoms with Crippen LogP contribution in [0, 0.1) is 11.8 Å². The summed E-state index contributed by atoms with van der Waals surface area (Å²) in [5, 5.41) is 4.49. The average molecular weight is 556 g/mol. The molecule has 7 nitrogen and oxygen atoms in total. The van der Waals surface area contributed by atoms with E-state index in [-0.39, 0.29) is 36.6 Å². The van der Waals surface area contributed by atoms with Crippen molar-refractivity contribution in [2.75, 3.05) is 7.11 Å². The SMILES string of the molecule is COc1ccc(CC(=O)N/N=C/C23c4ccccc4C(c4ccccc42)C2C(=O)N(Cc4ccccc4)C(=O)C23)cc1. The molecule has 4 aromatic carbocycles. The van der Waals surface area contributed by atoms with Gasteiger partial charge in [0.25, 0.3) is 0 Å². The average Bonchev–Trinajstić information content (AvgIpc) is 3.28. The number of imide groups is 1. The van der Waals surface area contributed by atoms with Crippen LogP contribution in [-0.2, 0) is 32.8 Å². The number of hydrogen-bond acceptors (Lipinski definition) is 5. The van der Waals surface area contributed by atoms with E-state index in [1.54, 1.807) is 13.3 Å². The number of hydrazone groups is 1. The normalized spacial score (nSPS) is 23.5. The maximum atomic E-state index is 14.3. The fourth-order valence-electron chi connectivity index (χ4n) is 7.21. The van der Waals surface area contributed by atoms with Gasteiger partial charge in [-0.05, 0) is 45.5 Å². The number of nitrogens with zero attached hydrogens (tertiary/aromatic N) is 2. The topological polar surface area (TPSA) is 88.1 Å². The van der Waals surface area contributed by atoms with Crippen molar-refractivity contribution in [2.24, 2.45) is 16.9 Å². The summed E-state index contributed by atoms with van der Waals surface area (Å²) in [6.07, 6.45) is 1.83. The zero-order valence-corrected chi connectivity index (χ0v) is 23.1. The number of hydrogen-bond donors (Lipinski definition) is 1. The second-order valence-corrected chi connectivity index (χ2v) is 11.1. The van der Waals surface area contributed by atoms with E-state index in [0.29, 0.717) is 5.75 Å². The Morgan fingerprint density at radius 3 is 2.10 bits per heavy atom. The predicted molar refractivity (Wildman–Crippen MR) is 158 cm³/mol. The first-order valence-electron chi connectivity index (χ1n) is 14.1. The van der Waals surface area contributed by atoms with E-state index >= 15 is 0 Å². The fraction of sp³-hybridized carbons (Fsp3) is 0.200. The van der Waals surface area contributed by atoms with Gasteiger partial charge in [-0.1, -0.05) is 91.0 Å². The van der Waals surface area contributed by atoms with E-state index in [0.717, 1.165) is 33.4 Å². The highest BCUT2D eigenvalue weighted by atomic mass is 16.5. The number of ether oxygens (including phenoxy) is 1. The molecule has 4 aromatic rings. The molecule has 2 bridgehead atoms. The quantitative estimate of drug-likeness (QED) is 0.205. The van der Waals surface area contributed by atoms with E-state index < -0.39 is 17.3 Å². The summed E-state index contributed by atoms with van der Waals surface area (Å²) in [6, 6.07) is 32.9. The molecule has 0 spiro atoms. The Morgan fingerprint density at radius 1 is 0.833 bits per heavy atom. The molecule has 3 amide bonds. The Balaban J connectivity index is 1.29. The minimum atomic E-state index is -1.02. The van der Waals surface area contributed by atoms with Crippen molar-refractivity contribution in [1.29, 1.82) is 0 Å². The number of likely N-dealkylation sites (tertiary alicyclic amines) is 1. The zero-order chi connectivity index (χ0) is 28.8. The molecule has 1 saturated heterocycles. The van der Waals surface area contributed by atoms with Crippen LogP contribution in [0.4, 0.5) is 0 Å². The number of amides is 3. The van der Waals surface area contributed by atoms with Gasteiger partial charge < -0.3 is 4.74 Å². The van der Waals surface area contributed by atoms with E-state index in [1.807, 2.05) is 91.0 Å². The first-order valence-corrected chi connectivity index (χ1v) is 14.1. The molecule has 42 heavy (non-hydrogen) atoms. The van der Waals surface area contributed by atoms with Crippen LogP contribution in [0.3, 0.4) is 0 Å². The van der Waals surface area contributed by atoms with Gasteiger partial charge in [0.05, 0.1) is 37.3 Å². The van der Waals surface area contributed by atoms with Gasteiger partial charge in [-0.3, -0.25) is 19.3 Å². The molecule has 4 aliphatic rings. The third kappa shape index (κ3) is 3.88. The van der Waals surface area contributed by atoms with Gasteiger partial charge in [-0.15, -0.1) is 0 Å². The molecule has 1 fully saturated rings. The first-order chi connectivity index (χ1) is 20.5. The molecular formula is C35H29N3O4. The van der Waals surface area contributed by atoms with Crippen LogP contribution in [-0.4, -0.2) is 35.9 Å². The smallest absolute Gasteiger partial charge is 0.244 e. The van der Waals surface area contributed by atoms with E-state index in [2.05, 4.69) is 22.7 Å². The molecule has 208 valence electrons. The molecule has 8 rings (SSSR count). The monoisotopic (exact) mass is 555 g/mol. The third-order valence-electron chi connectivity index (χ3n) is 8.94. The Bertz CT molecular complexity index is 1680. The molecule has 3 aliphatic carbocycles. The second kappa shape index (κ2) is 10.1. The fourth-order valence-corrected chi connectivity index (χ4v) is 7.21. The third-order valence-corrected chi connectivity index (χ3v) is 8.94. The zero-order valence-electron chi connectivity index (χ0n) is 23.1. The van der Waals surface area contributed by atoms with Crippen LogP contribution in [0.1, 0.15) is 39.3 Å². The largest absolute Gasteiger partial charge is 0.497 e. The lowest BCUT2D eigenvalue weighted by Gasteiger charge is -2.52. The van der Waals surface area contributed by atoms with Crippen LogP contribution in [0.25, 0.3) is 0 Å². The van der Waals surface area contributed by atoms with Crippen molar-refractivity contribution >= 4 is 23.9 Å². The van der Waals surface area contributed by atoms with Crippen molar-refractivity contribution in [3.05, 3.63) is 137 Å². The minimum absolute atomic E-state index is 0.137. The molecule has 1 aliphatic heterocycles. The summed E-state index contributed by atoms with van der Waals surface area (Å²) in [4.78, 5) is 42.8.